The number of hydrogen-bond donors (Lipinski definition) is 0. The maximum Gasteiger partial charge on any atom is 0.248 e. The Morgan fingerprint density at radius 2 is 2.29 bits per heavy atom. The van der Waals surface area contributed by atoms with E-state index in [1.807, 2.05) is 6.92 Å². The Bertz CT molecular complexity index is 491. The molecular weight excluding hydrogens is 240 g/mol. The molecule has 0 bridgehead atoms. The number of aryl methyl sites for hydroxylation is 1. The molecular formula is C11H15ClN4O. The molecule has 0 unspecified atom stereocenters. The van der Waals surface area contributed by atoms with Gasteiger partial charge in [-0.05, 0) is 13.3 Å². The molecule has 5 nitrogen and oxygen atoms in total. The largest absolute Gasteiger partial charge is 0.337 e. The summed E-state index contributed by atoms with van der Waals surface area (Å²) in [6.45, 7) is 4.51. The van der Waals surface area contributed by atoms with Crippen molar-refractivity contribution in [1.82, 2.24) is 19.9 Å². The van der Waals surface area contributed by atoms with Gasteiger partial charge in [-0.3, -0.25) is 4.68 Å². The highest BCUT2D eigenvalue weighted by atomic mass is 35.5. The number of hydrogen-bond acceptors (Lipinski definition) is 4. The molecule has 92 valence electrons. The first-order valence-corrected chi connectivity index (χ1v) is 6.08. The van der Waals surface area contributed by atoms with Crippen LogP contribution in [0.5, 0.6) is 0 Å². The Morgan fingerprint density at radius 1 is 1.47 bits per heavy atom. The summed E-state index contributed by atoms with van der Waals surface area (Å²) in [7, 11) is 0. The van der Waals surface area contributed by atoms with E-state index in [2.05, 4.69) is 22.2 Å². The summed E-state index contributed by atoms with van der Waals surface area (Å²) in [6, 6.07) is 0. The minimum atomic E-state index is 0.470. The van der Waals surface area contributed by atoms with Crippen molar-refractivity contribution in [3.8, 4) is 0 Å². The molecule has 0 aliphatic carbocycles. The summed E-state index contributed by atoms with van der Waals surface area (Å²) >= 11 is 5.92. The third-order valence-corrected chi connectivity index (χ3v) is 2.96. The highest BCUT2D eigenvalue weighted by molar-refractivity contribution is 6.31. The molecule has 0 saturated carbocycles. The highest BCUT2D eigenvalue weighted by Gasteiger charge is 2.10. The van der Waals surface area contributed by atoms with Crippen molar-refractivity contribution in [3.63, 3.8) is 0 Å². The van der Waals surface area contributed by atoms with Crippen LogP contribution in [0, 0.1) is 6.92 Å². The second-order valence-electron chi connectivity index (χ2n) is 3.94. The summed E-state index contributed by atoms with van der Waals surface area (Å²) in [4.78, 5) is 4.31. The number of nitrogens with zero attached hydrogens (tertiary/aromatic N) is 4. The lowest BCUT2D eigenvalue weighted by molar-refractivity contribution is 0.359. The van der Waals surface area contributed by atoms with E-state index in [0.717, 1.165) is 30.8 Å². The van der Waals surface area contributed by atoms with Gasteiger partial charge in [-0.25, -0.2) is 0 Å². The van der Waals surface area contributed by atoms with Gasteiger partial charge in [-0.1, -0.05) is 30.1 Å². The average Bonchev–Trinajstić information content (AvgIpc) is 2.89. The van der Waals surface area contributed by atoms with Crippen LogP contribution in [0.2, 0.25) is 5.02 Å². The number of rotatable bonds is 5. The number of aromatic nitrogens is 4. The van der Waals surface area contributed by atoms with Crippen LogP contribution in [-0.4, -0.2) is 19.9 Å². The fraction of sp³-hybridized carbons (Fsp3) is 0.545. The van der Waals surface area contributed by atoms with Gasteiger partial charge in [0.05, 0.1) is 16.9 Å². The summed E-state index contributed by atoms with van der Waals surface area (Å²) in [5.41, 5.74) is 0.903. The van der Waals surface area contributed by atoms with E-state index < -0.39 is 0 Å². The van der Waals surface area contributed by atoms with Crippen LogP contribution in [0.4, 0.5) is 0 Å². The van der Waals surface area contributed by atoms with E-state index in [4.69, 9.17) is 16.1 Å². The first kappa shape index (κ1) is 12.1. The van der Waals surface area contributed by atoms with Gasteiger partial charge in [0.15, 0.2) is 5.82 Å². The van der Waals surface area contributed by atoms with Crippen LogP contribution in [0.3, 0.4) is 0 Å². The molecule has 0 spiro atoms. The van der Waals surface area contributed by atoms with E-state index in [-0.39, 0.29) is 0 Å². The maximum absolute atomic E-state index is 5.92. The molecule has 17 heavy (non-hydrogen) atoms. The van der Waals surface area contributed by atoms with Crippen LogP contribution in [-0.2, 0) is 13.0 Å². The maximum atomic E-state index is 5.92. The Kier molecular flexibility index (Phi) is 3.78. The second kappa shape index (κ2) is 5.31. The van der Waals surface area contributed by atoms with Gasteiger partial charge < -0.3 is 4.52 Å². The summed E-state index contributed by atoms with van der Waals surface area (Å²) < 4.78 is 6.91. The molecule has 0 aromatic carbocycles. The molecule has 2 aromatic heterocycles. The van der Waals surface area contributed by atoms with E-state index in [1.165, 1.54) is 0 Å². The molecule has 0 N–H and O–H groups in total. The quantitative estimate of drug-likeness (QED) is 0.823. The molecule has 0 aliphatic rings. The zero-order valence-corrected chi connectivity index (χ0v) is 10.7. The molecule has 0 saturated heterocycles. The van der Waals surface area contributed by atoms with Crippen molar-refractivity contribution in [2.24, 2.45) is 0 Å². The molecule has 2 aromatic rings. The summed E-state index contributed by atoms with van der Waals surface area (Å²) in [6.07, 6.45) is 4.67. The lowest BCUT2D eigenvalue weighted by Crippen LogP contribution is -2.04. The van der Waals surface area contributed by atoms with Gasteiger partial charge >= 0.3 is 0 Å². The van der Waals surface area contributed by atoms with Crippen LogP contribution >= 0.6 is 11.6 Å². The van der Waals surface area contributed by atoms with Gasteiger partial charge in [-0.2, -0.15) is 10.1 Å². The fourth-order valence-corrected chi connectivity index (χ4v) is 1.64. The Balaban J connectivity index is 2.04. The van der Waals surface area contributed by atoms with Crippen molar-refractivity contribution in [3.05, 3.63) is 28.6 Å². The molecule has 0 atom stereocenters. The normalized spacial score (nSPS) is 11.0. The van der Waals surface area contributed by atoms with Crippen molar-refractivity contribution in [2.75, 3.05) is 0 Å². The van der Waals surface area contributed by atoms with Gasteiger partial charge in [0.25, 0.3) is 0 Å². The standard InChI is InChI=1S/C11H15ClN4O/c1-3-4-5-10-14-11(17-15-10)7-16-8(2)9(12)6-13-16/h6H,3-5,7H2,1-2H3. The average molecular weight is 255 g/mol. The van der Waals surface area contributed by atoms with Crippen molar-refractivity contribution in [2.45, 2.75) is 39.7 Å². The van der Waals surface area contributed by atoms with Gasteiger partial charge in [-0.15, -0.1) is 0 Å². The minimum absolute atomic E-state index is 0.470. The number of halogens is 1. The summed E-state index contributed by atoms with van der Waals surface area (Å²) in [5.74, 6) is 1.33. The summed E-state index contributed by atoms with van der Waals surface area (Å²) in [5, 5.41) is 8.71. The van der Waals surface area contributed by atoms with E-state index >= 15 is 0 Å². The van der Waals surface area contributed by atoms with Crippen molar-refractivity contribution < 1.29 is 4.52 Å². The van der Waals surface area contributed by atoms with Gasteiger partial charge in [0.1, 0.15) is 6.54 Å². The third kappa shape index (κ3) is 2.85. The fourth-order valence-electron chi connectivity index (χ4n) is 1.50. The molecule has 2 rings (SSSR count). The van der Waals surface area contributed by atoms with Gasteiger partial charge in [0, 0.05) is 6.42 Å². The first-order chi connectivity index (χ1) is 8.20. The van der Waals surface area contributed by atoms with Crippen LogP contribution in [0.1, 0.15) is 37.2 Å². The van der Waals surface area contributed by atoms with Crippen molar-refractivity contribution >= 4 is 11.6 Å². The monoisotopic (exact) mass is 254 g/mol. The Hall–Kier alpha value is -1.36. The molecule has 6 heteroatoms. The topological polar surface area (TPSA) is 56.7 Å². The SMILES string of the molecule is CCCCc1noc(Cn2ncc(Cl)c2C)n1. The Labute approximate surface area is 105 Å². The lowest BCUT2D eigenvalue weighted by atomic mass is 10.2. The van der Waals surface area contributed by atoms with Gasteiger partial charge in [0.2, 0.25) is 5.89 Å². The third-order valence-electron chi connectivity index (χ3n) is 2.59. The zero-order valence-electron chi connectivity index (χ0n) is 9.98. The van der Waals surface area contributed by atoms with E-state index in [9.17, 15) is 0 Å². The lowest BCUT2D eigenvalue weighted by Gasteiger charge is -1.98. The molecule has 0 fully saturated rings. The smallest absolute Gasteiger partial charge is 0.248 e. The predicted molar refractivity (Wildman–Crippen MR) is 64.0 cm³/mol. The van der Waals surface area contributed by atoms with Crippen LogP contribution in [0.15, 0.2) is 10.7 Å². The second-order valence-corrected chi connectivity index (χ2v) is 4.35. The van der Waals surface area contributed by atoms with Crippen LogP contribution < -0.4 is 0 Å². The highest BCUT2D eigenvalue weighted by Crippen LogP contribution is 2.14. The zero-order chi connectivity index (χ0) is 12.3. The number of unbranched alkanes of at least 4 members (excludes halogenated alkanes) is 1. The predicted octanol–water partition coefficient (Wildman–Crippen LogP) is 2.62. The Morgan fingerprint density at radius 3 is 2.94 bits per heavy atom. The van der Waals surface area contributed by atoms with Crippen molar-refractivity contribution in [1.29, 1.82) is 0 Å². The molecule has 0 aliphatic heterocycles. The molecule has 0 amide bonds. The van der Waals surface area contributed by atoms with E-state index in [0.29, 0.717) is 17.5 Å². The molecule has 0 radical (unpaired) electrons. The molecule has 2 heterocycles. The first-order valence-electron chi connectivity index (χ1n) is 5.70. The van der Waals surface area contributed by atoms with E-state index in [1.54, 1.807) is 10.9 Å². The minimum Gasteiger partial charge on any atom is -0.337 e. The van der Waals surface area contributed by atoms with Crippen LogP contribution in [0.25, 0.3) is 0 Å².